The molecule has 0 amide bonds. The minimum atomic E-state index is 0.277. The maximum atomic E-state index is 5.60. The average molecular weight is 199 g/mol. The molecule has 3 N–H and O–H groups in total. The van der Waals surface area contributed by atoms with E-state index in [1.54, 1.807) is 0 Å². The summed E-state index contributed by atoms with van der Waals surface area (Å²) in [7, 11) is 0. The van der Waals surface area contributed by atoms with Crippen molar-refractivity contribution in [3.63, 3.8) is 0 Å². The SMILES string of the molecule is CCC1OCCC1C(=NC(C)C)NN. The third-order valence-corrected chi connectivity index (χ3v) is 2.51. The topological polar surface area (TPSA) is 59.6 Å². The molecule has 0 aromatic carbocycles. The number of aliphatic imine (C=N–C) groups is 1. The van der Waals surface area contributed by atoms with E-state index < -0.39 is 0 Å². The van der Waals surface area contributed by atoms with Crippen LogP contribution >= 0.6 is 0 Å². The fourth-order valence-electron chi connectivity index (χ4n) is 1.88. The number of rotatable bonds is 3. The number of hydrazine groups is 1. The number of nitrogens with one attached hydrogen (secondary N) is 1. The molecular formula is C10H21N3O. The summed E-state index contributed by atoms with van der Waals surface area (Å²) in [4.78, 5) is 4.48. The highest BCUT2D eigenvalue weighted by Crippen LogP contribution is 2.24. The van der Waals surface area contributed by atoms with Crippen LogP contribution < -0.4 is 11.3 Å². The van der Waals surface area contributed by atoms with Gasteiger partial charge in [0, 0.05) is 18.6 Å². The Bertz CT molecular complexity index is 204. The van der Waals surface area contributed by atoms with E-state index in [9.17, 15) is 0 Å². The van der Waals surface area contributed by atoms with E-state index >= 15 is 0 Å². The third kappa shape index (κ3) is 2.69. The fraction of sp³-hybridized carbons (Fsp3) is 0.900. The second kappa shape index (κ2) is 5.32. The van der Waals surface area contributed by atoms with Gasteiger partial charge in [-0.15, -0.1) is 0 Å². The van der Waals surface area contributed by atoms with Crippen molar-refractivity contribution in [1.29, 1.82) is 0 Å². The normalized spacial score (nSPS) is 28.5. The lowest BCUT2D eigenvalue weighted by Gasteiger charge is -2.19. The summed E-state index contributed by atoms with van der Waals surface area (Å²) in [6, 6.07) is 0.277. The van der Waals surface area contributed by atoms with Crippen LogP contribution in [0, 0.1) is 5.92 Å². The predicted molar refractivity (Wildman–Crippen MR) is 58.0 cm³/mol. The van der Waals surface area contributed by atoms with Gasteiger partial charge in [-0.25, -0.2) is 5.84 Å². The van der Waals surface area contributed by atoms with Crippen molar-refractivity contribution in [1.82, 2.24) is 5.43 Å². The van der Waals surface area contributed by atoms with Crippen LogP contribution in [-0.2, 0) is 4.74 Å². The molecule has 1 aliphatic rings. The van der Waals surface area contributed by atoms with Gasteiger partial charge in [0.25, 0.3) is 0 Å². The fourth-order valence-corrected chi connectivity index (χ4v) is 1.88. The molecule has 82 valence electrons. The first-order valence-corrected chi connectivity index (χ1v) is 5.35. The molecule has 1 rings (SSSR count). The van der Waals surface area contributed by atoms with E-state index in [0.29, 0.717) is 5.92 Å². The van der Waals surface area contributed by atoms with Gasteiger partial charge in [0.1, 0.15) is 5.84 Å². The second-order valence-electron chi connectivity index (χ2n) is 3.97. The molecule has 0 spiro atoms. The van der Waals surface area contributed by atoms with Crippen molar-refractivity contribution in [2.45, 2.75) is 45.8 Å². The molecule has 0 radical (unpaired) electrons. The van der Waals surface area contributed by atoms with Gasteiger partial charge in [-0.1, -0.05) is 6.92 Å². The van der Waals surface area contributed by atoms with Gasteiger partial charge in [0.2, 0.25) is 0 Å². The summed E-state index contributed by atoms with van der Waals surface area (Å²) in [6.45, 7) is 7.05. The highest BCUT2D eigenvalue weighted by molar-refractivity contribution is 5.85. The first-order valence-electron chi connectivity index (χ1n) is 5.35. The van der Waals surface area contributed by atoms with E-state index in [1.807, 2.05) is 13.8 Å². The number of amidine groups is 1. The van der Waals surface area contributed by atoms with Crippen molar-refractivity contribution < 1.29 is 4.74 Å². The van der Waals surface area contributed by atoms with Crippen molar-refractivity contribution in [3.8, 4) is 0 Å². The van der Waals surface area contributed by atoms with Crippen LogP contribution in [-0.4, -0.2) is 24.6 Å². The zero-order valence-electron chi connectivity index (χ0n) is 9.29. The lowest BCUT2D eigenvalue weighted by atomic mass is 9.98. The van der Waals surface area contributed by atoms with Crippen LogP contribution in [0.5, 0.6) is 0 Å². The molecular weight excluding hydrogens is 178 g/mol. The first kappa shape index (κ1) is 11.5. The number of hydrogen-bond donors (Lipinski definition) is 2. The predicted octanol–water partition coefficient (Wildman–Crippen LogP) is 1.07. The Balaban J connectivity index is 2.68. The number of ether oxygens (including phenoxy) is 1. The monoisotopic (exact) mass is 199 g/mol. The summed E-state index contributed by atoms with van der Waals surface area (Å²) in [6.07, 6.45) is 2.32. The van der Waals surface area contributed by atoms with Gasteiger partial charge in [0.05, 0.1) is 6.10 Å². The van der Waals surface area contributed by atoms with Crippen molar-refractivity contribution in [2.75, 3.05) is 6.61 Å². The van der Waals surface area contributed by atoms with Gasteiger partial charge in [-0.3, -0.25) is 4.99 Å². The van der Waals surface area contributed by atoms with Crippen molar-refractivity contribution in [3.05, 3.63) is 0 Å². The van der Waals surface area contributed by atoms with Gasteiger partial charge in [-0.2, -0.15) is 0 Å². The molecule has 2 atom stereocenters. The molecule has 1 fully saturated rings. The summed E-state index contributed by atoms with van der Waals surface area (Å²) in [5, 5.41) is 0. The van der Waals surface area contributed by atoms with Crippen LogP contribution in [0.15, 0.2) is 4.99 Å². The molecule has 4 heteroatoms. The minimum Gasteiger partial charge on any atom is -0.377 e. The Hall–Kier alpha value is -0.610. The van der Waals surface area contributed by atoms with Gasteiger partial charge in [0.15, 0.2) is 0 Å². The zero-order valence-corrected chi connectivity index (χ0v) is 9.29. The zero-order chi connectivity index (χ0) is 10.6. The standard InChI is InChI=1S/C10H21N3O/c1-4-9-8(5-6-14-9)10(13-11)12-7(2)3/h7-9H,4-6,11H2,1-3H3,(H,12,13). The lowest BCUT2D eigenvalue weighted by Crippen LogP contribution is -2.40. The second-order valence-corrected chi connectivity index (χ2v) is 3.97. The maximum absolute atomic E-state index is 5.60. The van der Waals surface area contributed by atoms with Gasteiger partial charge >= 0.3 is 0 Å². The Labute approximate surface area is 85.9 Å². The molecule has 0 bridgehead atoms. The van der Waals surface area contributed by atoms with Crippen LogP contribution in [0.2, 0.25) is 0 Å². The molecule has 0 aliphatic carbocycles. The maximum Gasteiger partial charge on any atom is 0.116 e. The Morgan fingerprint density at radius 1 is 1.64 bits per heavy atom. The number of nitrogens with zero attached hydrogens (tertiary/aromatic N) is 1. The lowest BCUT2D eigenvalue weighted by molar-refractivity contribution is 0.0984. The van der Waals surface area contributed by atoms with E-state index in [0.717, 1.165) is 25.3 Å². The van der Waals surface area contributed by atoms with Crippen LogP contribution in [0.4, 0.5) is 0 Å². The van der Waals surface area contributed by atoms with E-state index in [4.69, 9.17) is 10.6 Å². The Morgan fingerprint density at radius 3 is 2.86 bits per heavy atom. The van der Waals surface area contributed by atoms with Gasteiger partial charge < -0.3 is 10.2 Å². The average Bonchev–Trinajstić information content (AvgIpc) is 2.61. The van der Waals surface area contributed by atoms with E-state index in [1.165, 1.54) is 0 Å². The van der Waals surface area contributed by atoms with Crippen LogP contribution in [0.1, 0.15) is 33.6 Å². The van der Waals surface area contributed by atoms with Crippen LogP contribution in [0.25, 0.3) is 0 Å². The molecule has 0 aromatic heterocycles. The summed E-state index contributed by atoms with van der Waals surface area (Å²) < 4.78 is 5.60. The molecule has 0 aromatic rings. The van der Waals surface area contributed by atoms with E-state index in [-0.39, 0.29) is 12.1 Å². The molecule has 0 saturated carbocycles. The smallest absolute Gasteiger partial charge is 0.116 e. The quantitative estimate of drug-likeness (QED) is 0.309. The summed E-state index contributed by atoms with van der Waals surface area (Å²) in [5.74, 6) is 6.73. The molecule has 1 saturated heterocycles. The number of nitrogens with two attached hydrogens (primary N) is 1. The summed E-state index contributed by atoms with van der Waals surface area (Å²) >= 11 is 0. The van der Waals surface area contributed by atoms with Crippen LogP contribution in [0.3, 0.4) is 0 Å². The van der Waals surface area contributed by atoms with Crippen molar-refractivity contribution >= 4 is 5.84 Å². The highest BCUT2D eigenvalue weighted by atomic mass is 16.5. The molecule has 14 heavy (non-hydrogen) atoms. The Kier molecular flexibility index (Phi) is 4.35. The minimum absolute atomic E-state index is 0.277. The largest absolute Gasteiger partial charge is 0.377 e. The Morgan fingerprint density at radius 2 is 2.36 bits per heavy atom. The van der Waals surface area contributed by atoms with Crippen molar-refractivity contribution in [2.24, 2.45) is 16.8 Å². The third-order valence-electron chi connectivity index (χ3n) is 2.51. The highest BCUT2D eigenvalue weighted by Gasteiger charge is 2.30. The summed E-state index contributed by atoms with van der Waals surface area (Å²) in [5.41, 5.74) is 2.71. The first-order chi connectivity index (χ1) is 6.69. The van der Waals surface area contributed by atoms with Gasteiger partial charge in [-0.05, 0) is 26.7 Å². The number of hydrogen-bond acceptors (Lipinski definition) is 3. The molecule has 4 nitrogen and oxygen atoms in total. The van der Waals surface area contributed by atoms with E-state index in [2.05, 4.69) is 17.3 Å². The molecule has 2 unspecified atom stereocenters. The molecule has 1 aliphatic heterocycles. The molecule has 1 heterocycles.